The van der Waals surface area contributed by atoms with Gasteiger partial charge in [0.1, 0.15) is 0 Å². The SMILES string of the molecule is c1ccc(-n2c3ccccc3c3cccc(-c4ccc(N(c5ccc(-c6ccc7ccccc7c6)cc5)c5cccc6c5sc5ccccc56)cc4)c32)cc1. The number of fused-ring (bicyclic) bond motifs is 7. The van der Waals surface area contributed by atoms with E-state index in [1.165, 1.54) is 80.7 Å². The quantitative estimate of drug-likeness (QED) is 0.166. The molecule has 0 aliphatic carbocycles. The molecule has 0 radical (unpaired) electrons. The average molecular weight is 719 g/mol. The maximum atomic E-state index is 2.42. The van der Waals surface area contributed by atoms with Crippen molar-refractivity contribution in [3.8, 4) is 27.9 Å². The molecule has 0 unspecified atom stereocenters. The Balaban J connectivity index is 1.07. The Hall–Kier alpha value is -6.94. The zero-order valence-electron chi connectivity index (χ0n) is 29.9. The Morgan fingerprint density at radius 3 is 1.84 bits per heavy atom. The molecule has 0 atom stereocenters. The topological polar surface area (TPSA) is 8.17 Å². The highest BCUT2D eigenvalue weighted by atomic mass is 32.1. The summed E-state index contributed by atoms with van der Waals surface area (Å²) in [5, 5.41) is 7.61. The van der Waals surface area contributed by atoms with Crippen molar-refractivity contribution >= 4 is 81.1 Å². The minimum Gasteiger partial charge on any atom is -0.309 e. The third kappa shape index (κ3) is 5.24. The molecule has 258 valence electrons. The first-order valence-corrected chi connectivity index (χ1v) is 19.6. The van der Waals surface area contributed by atoms with Gasteiger partial charge in [-0.3, -0.25) is 0 Å². The van der Waals surface area contributed by atoms with Crippen LogP contribution in [-0.4, -0.2) is 4.57 Å². The summed E-state index contributed by atoms with van der Waals surface area (Å²) in [4.78, 5) is 2.42. The molecule has 9 aromatic carbocycles. The van der Waals surface area contributed by atoms with E-state index < -0.39 is 0 Å². The number of hydrogen-bond donors (Lipinski definition) is 0. The number of thiophene rings is 1. The minimum absolute atomic E-state index is 1.11. The van der Waals surface area contributed by atoms with Crippen LogP contribution < -0.4 is 4.90 Å². The first-order chi connectivity index (χ1) is 27.3. The van der Waals surface area contributed by atoms with Crippen LogP contribution in [0.25, 0.3) is 80.7 Å². The summed E-state index contributed by atoms with van der Waals surface area (Å²) in [6.45, 7) is 0. The zero-order valence-corrected chi connectivity index (χ0v) is 30.7. The summed E-state index contributed by atoms with van der Waals surface area (Å²) >= 11 is 1.87. The van der Waals surface area contributed by atoms with E-state index >= 15 is 0 Å². The minimum atomic E-state index is 1.11. The molecule has 2 aromatic heterocycles. The molecule has 11 aromatic rings. The van der Waals surface area contributed by atoms with Gasteiger partial charge < -0.3 is 9.47 Å². The van der Waals surface area contributed by atoms with Gasteiger partial charge in [0.2, 0.25) is 0 Å². The molecule has 0 aliphatic rings. The number of rotatable bonds is 6. The molecular formula is C52H34N2S. The normalized spacial score (nSPS) is 11.6. The lowest BCUT2D eigenvalue weighted by molar-refractivity contribution is 1.18. The van der Waals surface area contributed by atoms with Crippen LogP contribution in [0.5, 0.6) is 0 Å². The molecule has 0 N–H and O–H groups in total. The largest absolute Gasteiger partial charge is 0.309 e. The monoisotopic (exact) mass is 718 g/mol. The Labute approximate surface area is 323 Å². The van der Waals surface area contributed by atoms with E-state index in [2.05, 4.69) is 216 Å². The smallest absolute Gasteiger partial charge is 0.0640 e. The van der Waals surface area contributed by atoms with E-state index in [1.54, 1.807) is 0 Å². The number of para-hydroxylation sites is 3. The second-order valence-corrected chi connectivity index (χ2v) is 15.2. The van der Waals surface area contributed by atoms with E-state index in [4.69, 9.17) is 0 Å². The Morgan fingerprint density at radius 2 is 1.02 bits per heavy atom. The van der Waals surface area contributed by atoms with Gasteiger partial charge in [-0.2, -0.15) is 0 Å². The van der Waals surface area contributed by atoms with Gasteiger partial charge in [-0.05, 0) is 88.1 Å². The number of anilines is 3. The summed E-state index contributed by atoms with van der Waals surface area (Å²) < 4.78 is 5.00. The molecule has 0 saturated carbocycles. The van der Waals surface area contributed by atoms with Crippen LogP contribution in [0.4, 0.5) is 17.1 Å². The molecule has 11 rings (SSSR count). The number of aromatic nitrogens is 1. The van der Waals surface area contributed by atoms with Crippen molar-refractivity contribution in [3.05, 3.63) is 206 Å². The predicted octanol–water partition coefficient (Wildman–Crippen LogP) is 15.1. The third-order valence-electron chi connectivity index (χ3n) is 11.0. The lowest BCUT2D eigenvalue weighted by Crippen LogP contribution is -2.10. The fourth-order valence-electron chi connectivity index (χ4n) is 8.39. The third-order valence-corrected chi connectivity index (χ3v) is 12.2. The van der Waals surface area contributed by atoms with E-state index in [0.29, 0.717) is 0 Å². The number of benzene rings is 9. The molecule has 0 bridgehead atoms. The summed E-state index contributed by atoms with van der Waals surface area (Å²) in [5.74, 6) is 0. The van der Waals surface area contributed by atoms with Crippen LogP contribution >= 0.6 is 11.3 Å². The van der Waals surface area contributed by atoms with E-state index in [-0.39, 0.29) is 0 Å². The van der Waals surface area contributed by atoms with Crippen molar-refractivity contribution < 1.29 is 0 Å². The van der Waals surface area contributed by atoms with Crippen molar-refractivity contribution in [3.63, 3.8) is 0 Å². The molecule has 2 nitrogen and oxygen atoms in total. The van der Waals surface area contributed by atoms with Crippen LogP contribution in [0.1, 0.15) is 0 Å². The van der Waals surface area contributed by atoms with Crippen molar-refractivity contribution in [2.75, 3.05) is 4.90 Å². The van der Waals surface area contributed by atoms with E-state index in [0.717, 1.165) is 17.1 Å². The lowest BCUT2D eigenvalue weighted by atomic mass is 10.00. The summed E-state index contributed by atoms with van der Waals surface area (Å²) in [5.41, 5.74) is 11.8. The molecule has 3 heteroatoms. The van der Waals surface area contributed by atoms with Crippen LogP contribution in [-0.2, 0) is 0 Å². The first kappa shape index (κ1) is 31.6. The second-order valence-electron chi connectivity index (χ2n) is 14.1. The van der Waals surface area contributed by atoms with Gasteiger partial charge in [-0.15, -0.1) is 11.3 Å². The van der Waals surface area contributed by atoms with E-state index in [9.17, 15) is 0 Å². The summed E-state index contributed by atoms with van der Waals surface area (Å²) in [6.07, 6.45) is 0. The van der Waals surface area contributed by atoms with Crippen LogP contribution in [0, 0.1) is 0 Å². The van der Waals surface area contributed by atoms with Crippen molar-refractivity contribution in [1.82, 2.24) is 4.57 Å². The van der Waals surface area contributed by atoms with Gasteiger partial charge in [0.25, 0.3) is 0 Å². The highest BCUT2D eigenvalue weighted by Gasteiger charge is 2.20. The molecule has 0 saturated heterocycles. The molecule has 55 heavy (non-hydrogen) atoms. The Kier molecular flexibility index (Phi) is 7.39. The Morgan fingerprint density at radius 1 is 0.400 bits per heavy atom. The van der Waals surface area contributed by atoms with Crippen molar-refractivity contribution in [2.45, 2.75) is 0 Å². The molecule has 0 aliphatic heterocycles. The van der Waals surface area contributed by atoms with E-state index in [1.807, 2.05) is 11.3 Å². The maximum Gasteiger partial charge on any atom is 0.0640 e. The van der Waals surface area contributed by atoms with Crippen LogP contribution in [0.15, 0.2) is 206 Å². The molecule has 0 fully saturated rings. The molecule has 2 heterocycles. The number of hydrogen-bond acceptors (Lipinski definition) is 2. The maximum absolute atomic E-state index is 2.42. The second kappa shape index (κ2) is 12.9. The van der Waals surface area contributed by atoms with Crippen LogP contribution in [0.2, 0.25) is 0 Å². The lowest BCUT2D eigenvalue weighted by Gasteiger charge is -2.26. The Bertz CT molecular complexity index is 3190. The van der Waals surface area contributed by atoms with Gasteiger partial charge >= 0.3 is 0 Å². The first-order valence-electron chi connectivity index (χ1n) is 18.8. The molecule has 0 spiro atoms. The predicted molar refractivity (Wildman–Crippen MR) is 237 cm³/mol. The van der Waals surface area contributed by atoms with Gasteiger partial charge in [0, 0.05) is 48.9 Å². The summed E-state index contributed by atoms with van der Waals surface area (Å²) in [7, 11) is 0. The average Bonchev–Trinajstić information content (AvgIpc) is 3.81. The molecule has 0 amide bonds. The van der Waals surface area contributed by atoms with Gasteiger partial charge in [-0.1, -0.05) is 146 Å². The fraction of sp³-hybridized carbons (Fsp3) is 0. The highest BCUT2D eigenvalue weighted by molar-refractivity contribution is 7.26. The van der Waals surface area contributed by atoms with Gasteiger partial charge in [0.05, 0.1) is 21.4 Å². The zero-order chi connectivity index (χ0) is 36.3. The standard InChI is InChI=1S/C52H34N2S/c1-2-14-40(15-3-1)54-48-21-8-6-16-44(48)46-19-10-18-43(51(46)54)37-28-32-42(33-29-37)53(49-22-11-20-47-45-17-7-9-23-50(45)55-52(47)49)41-30-26-36(27-31-41)39-25-24-35-12-4-5-13-38(35)34-39/h1-34H. The van der Waals surface area contributed by atoms with Crippen LogP contribution in [0.3, 0.4) is 0 Å². The van der Waals surface area contributed by atoms with Gasteiger partial charge in [0.15, 0.2) is 0 Å². The fourth-order valence-corrected chi connectivity index (χ4v) is 9.60. The number of nitrogens with zero attached hydrogens (tertiary/aromatic N) is 2. The summed E-state index contributed by atoms with van der Waals surface area (Å²) in [6, 6.07) is 75.1. The highest BCUT2D eigenvalue weighted by Crippen LogP contribution is 2.46. The van der Waals surface area contributed by atoms with Crippen molar-refractivity contribution in [1.29, 1.82) is 0 Å². The molecular weight excluding hydrogens is 685 g/mol. The van der Waals surface area contributed by atoms with Gasteiger partial charge in [-0.25, -0.2) is 0 Å². The van der Waals surface area contributed by atoms with Crippen molar-refractivity contribution in [2.24, 2.45) is 0 Å².